The number of aliphatic hydroxyl groups excluding tert-OH is 1. The SMILES string of the molecule is C=C(C(C)CCC(C)C)C1CCC2(C)C3CCC4C(C)C(O)CCC45CC35CCC12C. The Bertz CT molecular complexity index is 739. The van der Waals surface area contributed by atoms with Crippen LogP contribution >= 0.6 is 0 Å². The number of fused-ring (bicyclic) bond motifs is 2. The van der Waals surface area contributed by atoms with Crippen LogP contribution in [-0.2, 0) is 0 Å². The zero-order valence-corrected chi connectivity index (χ0v) is 21.5. The van der Waals surface area contributed by atoms with Gasteiger partial charge in [-0.2, -0.15) is 0 Å². The first-order valence-corrected chi connectivity index (χ1v) is 13.9. The number of hydrogen-bond donors (Lipinski definition) is 1. The van der Waals surface area contributed by atoms with E-state index in [1.165, 1.54) is 64.2 Å². The van der Waals surface area contributed by atoms with Gasteiger partial charge in [-0.1, -0.05) is 60.1 Å². The molecular weight excluding hydrogens is 376 g/mol. The second-order valence-electron chi connectivity index (χ2n) is 14.1. The van der Waals surface area contributed by atoms with Gasteiger partial charge in [0.15, 0.2) is 0 Å². The van der Waals surface area contributed by atoms with Crippen LogP contribution in [0.1, 0.15) is 112 Å². The molecule has 0 aromatic carbocycles. The van der Waals surface area contributed by atoms with E-state index in [0.717, 1.165) is 30.1 Å². The summed E-state index contributed by atoms with van der Waals surface area (Å²) < 4.78 is 0. The Morgan fingerprint density at radius 1 is 0.903 bits per heavy atom. The molecule has 5 fully saturated rings. The summed E-state index contributed by atoms with van der Waals surface area (Å²) in [5.41, 5.74) is 3.75. The van der Waals surface area contributed by atoms with Crippen LogP contribution in [0.2, 0.25) is 0 Å². The topological polar surface area (TPSA) is 20.2 Å². The van der Waals surface area contributed by atoms with E-state index in [-0.39, 0.29) is 6.10 Å². The maximum atomic E-state index is 10.6. The fourth-order valence-corrected chi connectivity index (χ4v) is 10.7. The lowest BCUT2D eigenvalue weighted by Gasteiger charge is -2.62. The molecule has 0 aliphatic heterocycles. The Hall–Kier alpha value is -0.300. The van der Waals surface area contributed by atoms with E-state index in [1.54, 1.807) is 5.57 Å². The van der Waals surface area contributed by atoms with E-state index in [0.29, 0.717) is 33.5 Å². The van der Waals surface area contributed by atoms with E-state index in [9.17, 15) is 5.11 Å². The van der Waals surface area contributed by atoms with Crippen molar-refractivity contribution >= 4 is 0 Å². The molecular formula is C30H50O. The molecule has 1 nitrogen and oxygen atoms in total. The molecule has 0 bridgehead atoms. The molecule has 0 aromatic heterocycles. The third-order valence-corrected chi connectivity index (χ3v) is 12.9. The van der Waals surface area contributed by atoms with Gasteiger partial charge in [0.25, 0.3) is 0 Å². The largest absolute Gasteiger partial charge is 0.393 e. The fourth-order valence-electron chi connectivity index (χ4n) is 10.7. The Morgan fingerprint density at radius 2 is 1.65 bits per heavy atom. The molecule has 0 radical (unpaired) electrons. The van der Waals surface area contributed by atoms with Crippen molar-refractivity contribution < 1.29 is 5.11 Å². The van der Waals surface area contributed by atoms with Gasteiger partial charge in [0.05, 0.1) is 6.10 Å². The Morgan fingerprint density at radius 3 is 2.35 bits per heavy atom. The first-order chi connectivity index (χ1) is 14.5. The highest BCUT2D eigenvalue weighted by atomic mass is 16.3. The van der Waals surface area contributed by atoms with Crippen molar-refractivity contribution in [3.8, 4) is 0 Å². The third kappa shape index (κ3) is 2.77. The Kier molecular flexibility index (Phi) is 5.15. The standard InChI is InChI=1S/C30H50O/c1-19(2)8-9-20(3)21(4)23-12-14-28(7)26-11-10-24-22(5)25(31)13-15-29(24)18-30(26,29)17-16-27(23,28)6/h19-20,22-26,31H,4,8-18H2,1-3,5-7H3. The number of rotatable bonds is 5. The molecule has 2 spiro atoms. The molecule has 176 valence electrons. The van der Waals surface area contributed by atoms with Gasteiger partial charge in [-0.3, -0.25) is 0 Å². The first-order valence-electron chi connectivity index (χ1n) is 13.9. The number of hydrogen-bond acceptors (Lipinski definition) is 1. The minimum atomic E-state index is -0.0409. The van der Waals surface area contributed by atoms with Crippen LogP contribution in [0.5, 0.6) is 0 Å². The van der Waals surface area contributed by atoms with Crippen molar-refractivity contribution in [2.24, 2.45) is 57.2 Å². The van der Waals surface area contributed by atoms with Gasteiger partial charge in [-0.05, 0) is 121 Å². The summed E-state index contributed by atoms with van der Waals surface area (Å²) in [5, 5.41) is 10.6. The molecule has 0 heterocycles. The van der Waals surface area contributed by atoms with Crippen LogP contribution < -0.4 is 0 Å². The highest BCUT2D eigenvalue weighted by Crippen LogP contribution is 2.88. The van der Waals surface area contributed by atoms with E-state index < -0.39 is 0 Å². The first kappa shape index (κ1) is 22.5. The van der Waals surface area contributed by atoms with Crippen molar-refractivity contribution in [2.75, 3.05) is 0 Å². The van der Waals surface area contributed by atoms with Crippen LogP contribution in [0.3, 0.4) is 0 Å². The average molecular weight is 427 g/mol. The minimum absolute atomic E-state index is 0.0409. The van der Waals surface area contributed by atoms with Crippen molar-refractivity contribution in [3.05, 3.63) is 12.2 Å². The summed E-state index contributed by atoms with van der Waals surface area (Å²) in [6.07, 6.45) is 15.0. The molecule has 1 heteroatoms. The van der Waals surface area contributed by atoms with E-state index in [1.807, 2.05) is 0 Å². The van der Waals surface area contributed by atoms with Gasteiger partial charge in [0.2, 0.25) is 0 Å². The molecule has 10 atom stereocenters. The highest BCUT2D eigenvalue weighted by Gasteiger charge is 2.81. The monoisotopic (exact) mass is 426 g/mol. The summed E-state index contributed by atoms with van der Waals surface area (Å²) >= 11 is 0. The van der Waals surface area contributed by atoms with Crippen molar-refractivity contribution in [3.63, 3.8) is 0 Å². The molecule has 5 aliphatic carbocycles. The number of allylic oxidation sites excluding steroid dienone is 1. The normalized spacial score (nSPS) is 53.9. The molecule has 5 rings (SSSR count). The van der Waals surface area contributed by atoms with E-state index >= 15 is 0 Å². The quantitative estimate of drug-likeness (QED) is 0.441. The third-order valence-electron chi connectivity index (χ3n) is 12.9. The molecule has 0 amide bonds. The van der Waals surface area contributed by atoms with Crippen LogP contribution in [-0.4, -0.2) is 11.2 Å². The van der Waals surface area contributed by atoms with Gasteiger partial charge in [-0.15, -0.1) is 0 Å². The lowest BCUT2D eigenvalue weighted by Crippen LogP contribution is -2.55. The minimum Gasteiger partial charge on any atom is -0.393 e. The highest BCUT2D eigenvalue weighted by molar-refractivity contribution is 5.31. The van der Waals surface area contributed by atoms with Gasteiger partial charge < -0.3 is 5.11 Å². The fraction of sp³-hybridized carbons (Fsp3) is 0.933. The Labute approximate surface area is 192 Å². The van der Waals surface area contributed by atoms with Gasteiger partial charge in [-0.25, -0.2) is 0 Å². The van der Waals surface area contributed by atoms with Gasteiger partial charge in [0, 0.05) is 0 Å². The summed E-state index contributed by atoms with van der Waals surface area (Å²) in [6, 6.07) is 0. The Balaban J connectivity index is 1.40. The molecule has 10 unspecified atom stereocenters. The summed E-state index contributed by atoms with van der Waals surface area (Å²) in [6.45, 7) is 19.7. The predicted octanol–water partition coefficient (Wildman–Crippen LogP) is 8.02. The second kappa shape index (κ2) is 7.10. The smallest absolute Gasteiger partial charge is 0.0568 e. The maximum Gasteiger partial charge on any atom is 0.0568 e. The average Bonchev–Trinajstić information content (AvgIpc) is 3.31. The number of aliphatic hydroxyl groups is 1. The second-order valence-corrected chi connectivity index (χ2v) is 14.1. The molecule has 5 aliphatic rings. The molecule has 31 heavy (non-hydrogen) atoms. The zero-order chi connectivity index (χ0) is 22.4. The van der Waals surface area contributed by atoms with Gasteiger partial charge in [0.1, 0.15) is 0 Å². The van der Waals surface area contributed by atoms with Crippen LogP contribution in [0.25, 0.3) is 0 Å². The molecule has 1 N–H and O–H groups in total. The van der Waals surface area contributed by atoms with Crippen molar-refractivity contribution in [2.45, 2.75) is 118 Å². The zero-order valence-electron chi connectivity index (χ0n) is 21.5. The molecule has 5 saturated carbocycles. The van der Waals surface area contributed by atoms with Crippen molar-refractivity contribution in [1.82, 2.24) is 0 Å². The maximum absolute atomic E-state index is 10.6. The van der Waals surface area contributed by atoms with Crippen LogP contribution in [0.15, 0.2) is 12.2 Å². The summed E-state index contributed by atoms with van der Waals surface area (Å²) in [7, 11) is 0. The van der Waals surface area contributed by atoms with Gasteiger partial charge >= 0.3 is 0 Å². The van der Waals surface area contributed by atoms with E-state index in [4.69, 9.17) is 6.58 Å². The lowest BCUT2D eigenvalue weighted by molar-refractivity contribution is -0.136. The van der Waals surface area contributed by atoms with Crippen LogP contribution in [0.4, 0.5) is 0 Å². The van der Waals surface area contributed by atoms with Crippen LogP contribution in [0, 0.1) is 57.2 Å². The molecule has 0 aromatic rings. The molecule has 0 saturated heterocycles. The van der Waals surface area contributed by atoms with Crippen molar-refractivity contribution in [1.29, 1.82) is 0 Å². The lowest BCUT2D eigenvalue weighted by atomic mass is 9.43. The summed E-state index contributed by atoms with van der Waals surface area (Å²) in [5.74, 6) is 4.44. The predicted molar refractivity (Wildman–Crippen MR) is 131 cm³/mol. The summed E-state index contributed by atoms with van der Waals surface area (Å²) in [4.78, 5) is 0. The van der Waals surface area contributed by atoms with E-state index in [2.05, 4.69) is 41.5 Å².